The molecule has 1 aromatic heterocycles. The maximum absolute atomic E-state index is 11.4. The number of nitrogens with zero attached hydrogens (tertiary/aromatic N) is 1. The Morgan fingerprint density at radius 3 is 3.19 bits per heavy atom. The van der Waals surface area contributed by atoms with Crippen molar-refractivity contribution in [3.8, 4) is 17.0 Å². The van der Waals surface area contributed by atoms with Crippen LogP contribution in [0.3, 0.4) is 0 Å². The fraction of sp³-hybridized carbons (Fsp3) is 0.333. The van der Waals surface area contributed by atoms with Crippen LogP contribution in [-0.4, -0.2) is 23.5 Å². The Balaban J connectivity index is 1.84. The van der Waals surface area contributed by atoms with Gasteiger partial charge in [0.1, 0.15) is 5.75 Å². The zero-order chi connectivity index (χ0) is 14.8. The molecule has 5 nitrogen and oxygen atoms in total. The molecule has 2 aromatic rings. The van der Waals surface area contributed by atoms with Crippen LogP contribution in [0.4, 0.5) is 10.8 Å². The molecule has 0 saturated heterocycles. The Morgan fingerprint density at radius 2 is 2.38 bits per heavy atom. The van der Waals surface area contributed by atoms with Gasteiger partial charge in [0.2, 0.25) is 0 Å². The second kappa shape index (κ2) is 5.73. The van der Waals surface area contributed by atoms with Gasteiger partial charge in [-0.25, -0.2) is 4.98 Å². The number of aromatic nitrogens is 1. The second-order valence-corrected chi connectivity index (χ2v) is 5.90. The summed E-state index contributed by atoms with van der Waals surface area (Å²) in [6.45, 7) is 4.34. The van der Waals surface area contributed by atoms with Gasteiger partial charge in [0.25, 0.3) is 5.91 Å². The largest absolute Gasteiger partial charge is 0.482 e. The number of amides is 1. The van der Waals surface area contributed by atoms with Crippen LogP contribution >= 0.6 is 11.3 Å². The van der Waals surface area contributed by atoms with Crippen molar-refractivity contribution in [3.63, 3.8) is 0 Å². The fourth-order valence-electron chi connectivity index (χ4n) is 2.03. The summed E-state index contributed by atoms with van der Waals surface area (Å²) in [5.41, 5.74) is 2.56. The Labute approximate surface area is 127 Å². The van der Waals surface area contributed by atoms with Crippen molar-refractivity contribution in [3.05, 3.63) is 23.6 Å². The highest BCUT2D eigenvalue weighted by Crippen LogP contribution is 2.33. The summed E-state index contributed by atoms with van der Waals surface area (Å²) in [6.07, 6.45) is 1.05. The number of carbonyl (C=O) groups is 1. The van der Waals surface area contributed by atoms with Crippen molar-refractivity contribution in [2.24, 2.45) is 0 Å². The molecule has 1 aliphatic heterocycles. The first-order valence-electron chi connectivity index (χ1n) is 6.95. The first-order chi connectivity index (χ1) is 10.2. The number of rotatable bonds is 4. The molecule has 0 spiro atoms. The van der Waals surface area contributed by atoms with Gasteiger partial charge >= 0.3 is 0 Å². The molecule has 0 unspecified atom stereocenters. The van der Waals surface area contributed by atoms with Crippen molar-refractivity contribution in [2.75, 3.05) is 17.2 Å². The second-order valence-electron chi connectivity index (χ2n) is 5.04. The van der Waals surface area contributed by atoms with E-state index >= 15 is 0 Å². The molecule has 2 N–H and O–H groups in total. The highest BCUT2D eigenvalue weighted by Gasteiger charge is 2.17. The van der Waals surface area contributed by atoms with E-state index in [9.17, 15) is 4.79 Å². The maximum atomic E-state index is 11.4. The molecule has 0 radical (unpaired) electrons. The van der Waals surface area contributed by atoms with Gasteiger partial charge in [-0.05, 0) is 31.5 Å². The van der Waals surface area contributed by atoms with Gasteiger partial charge in [-0.3, -0.25) is 4.79 Å². The minimum atomic E-state index is -0.128. The third-order valence-electron chi connectivity index (χ3n) is 3.39. The molecule has 1 aliphatic rings. The van der Waals surface area contributed by atoms with Gasteiger partial charge < -0.3 is 15.4 Å². The molecule has 6 heteroatoms. The van der Waals surface area contributed by atoms with Crippen LogP contribution < -0.4 is 15.4 Å². The van der Waals surface area contributed by atoms with E-state index < -0.39 is 0 Å². The molecule has 1 aromatic carbocycles. The van der Waals surface area contributed by atoms with Crippen LogP contribution in [0.2, 0.25) is 0 Å². The van der Waals surface area contributed by atoms with Gasteiger partial charge in [-0.1, -0.05) is 6.92 Å². The normalized spacial score (nSPS) is 14.9. The van der Waals surface area contributed by atoms with E-state index in [0.717, 1.165) is 22.8 Å². The molecular weight excluding hydrogens is 286 g/mol. The van der Waals surface area contributed by atoms with Gasteiger partial charge in [0, 0.05) is 17.0 Å². The standard InChI is InChI=1S/C15H17N3O2S/c1-3-9(2)16-15-18-12(8-21-15)10-4-5-13-11(6-10)17-14(19)7-20-13/h4-6,8-9H,3,7H2,1-2H3,(H,16,18)(H,17,19)/t9-/m0/s1. The summed E-state index contributed by atoms with van der Waals surface area (Å²) in [7, 11) is 0. The number of thiazole rings is 1. The molecule has 21 heavy (non-hydrogen) atoms. The van der Waals surface area contributed by atoms with E-state index in [1.807, 2.05) is 23.6 Å². The van der Waals surface area contributed by atoms with Crippen molar-refractivity contribution in [1.82, 2.24) is 4.98 Å². The monoisotopic (exact) mass is 303 g/mol. The summed E-state index contributed by atoms with van der Waals surface area (Å²) in [4.78, 5) is 16.0. The molecule has 1 amide bonds. The number of ether oxygens (including phenoxy) is 1. The van der Waals surface area contributed by atoms with Crippen LogP contribution in [0, 0.1) is 0 Å². The van der Waals surface area contributed by atoms with E-state index in [-0.39, 0.29) is 12.5 Å². The first-order valence-corrected chi connectivity index (χ1v) is 7.83. The van der Waals surface area contributed by atoms with E-state index in [1.54, 1.807) is 11.3 Å². The first kappa shape index (κ1) is 13.9. The lowest BCUT2D eigenvalue weighted by molar-refractivity contribution is -0.118. The summed E-state index contributed by atoms with van der Waals surface area (Å²) in [6, 6.07) is 6.12. The van der Waals surface area contributed by atoms with Crippen molar-refractivity contribution in [1.29, 1.82) is 0 Å². The lowest BCUT2D eigenvalue weighted by Gasteiger charge is -2.18. The number of anilines is 2. The fourth-order valence-corrected chi connectivity index (χ4v) is 2.86. The number of benzene rings is 1. The Kier molecular flexibility index (Phi) is 3.79. The minimum absolute atomic E-state index is 0.0754. The van der Waals surface area contributed by atoms with Crippen LogP contribution in [0.25, 0.3) is 11.3 Å². The molecular formula is C15H17N3O2S. The molecule has 1 atom stereocenters. The van der Waals surface area contributed by atoms with Crippen LogP contribution in [0.1, 0.15) is 20.3 Å². The number of fused-ring (bicyclic) bond motifs is 1. The number of nitrogens with one attached hydrogen (secondary N) is 2. The number of hydrogen-bond acceptors (Lipinski definition) is 5. The van der Waals surface area contributed by atoms with E-state index in [0.29, 0.717) is 17.5 Å². The molecule has 0 bridgehead atoms. The quantitative estimate of drug-likeness (QED) is 0.909. The minimum Gasteiger partial charge on any atom is -0.482 e. The summed E-state index contributed by atoms with van der Waals surface area (Å²) in [5, 5.41) is 9.10. The smallest absolute Gasteiger partial charge is 0.262 e. The average molecular weight is 303 g/mol. The van der Waals surface area contributed by atoms with E-state index in [1.165, 1.54) is 0 Å². The van der Waals surface area contributed by atoms with Gasteiger partial charge in [-0.2, -0.15) is 0 Å². The maximum Gasteiger partial charge on any atom is 0.262 e. The molecule has 110 valence electrons. The van der Waals surface area contributed by atoms with Gasteiger partial charge in [0.05, 0.1) is 11.4 Å². The zero-order valence-electron chi connectivity index (χ0n) is 12.0. The van der Waals surface area contributed by atoms with Gasteiger partial charge in [-0.15, -0.1) is 11.3 Å². The highest BCUT2D eigenvalue weighted by atomic mass is 32.1. The zero-order valence-corrected chi connectivity index (χ0v) is 12.8. The SMILES string of the molecule is CC[C@H](C)Nc1nc(-c2ccc3c(c2)NC(=O)CO3)cs1. The average Bonchev–Trinajstić information content (AvgIpc) is 2.94. The van der Waals surface area contributed by atoms with E-state index in [4.69, 9.17) is 4.74 Å². The number of carbonyl (C=O) groups excluding carboxylic acids is 1. The third-order valence-corrected chi connectivity index (χ3v) is 4.17. The van der Waals surface area contributed by atoms with Crippen LogP contribution in [0.5, 0.6) is 5.75 Å². The topological polar surface area (TPSA) is 63.2 Å². The predicted octanol–water partition coefficient (Wildman–Crippen LogP) is 3.35. The molecule has 3 rings (SSSR count). The van der Waals surface area contributed by atoms with E-state index in [2.05, 4.69) is 29.5 Å². The molecule has 0 aliphatic carbocycles. The van der Waals surface area contributed by atoms with Crippen LogP contribution in [-0.2, 0) is 4.79 Å². The van der Waals surface area contributed by atoms with Crippen LogP contribution in [0.15, 0.2) is 23.6 Å². The molecule has 0 saturated carbocycles. The summed E-state index contributed by atoms with van der Waals surface area (Å²) < 4.78 is 5.36. The number of hydrogen-bond donors (Lipinski definition) is 2. The predicted molar refractivity (Wildman–Crippen MR) is 85.1 cm³/mol. The third kappa shape index (κ3) is 3.00. The Bertz CT molecular complexity index is 669. The molecule has 2 heterocycles. The molecule has 0 fully saturated rings. The van der Waals surface area contributed by atoms with Crippen molar-refractivity contribution in [2.45, 2.75) is 26.3 Å². The van der Waals surface area contributed by atoms with Crippen molar-refractivity contribution < 1.29 is 9.53 Å². The Morgan fingerprint density at radius 1 is 1.52 bits per heavy atom. The van der Waals surface area contributed by atoms with Crippen molar-refractivity contribution >= 4 is 28.1 Å². The Hall–Kier alpha value is -2.08. The lowest BCUT2D eigenvalue weighted by atomic mass is 10.1. The highest BCUT2D eigenvalue weighted by molar-refractivity contribution is 7.14. The summed E-state index contributed by atoms with van der Waals surface area (Å²) >= 11 is 1.59. The van der Waals surface area contributed by atoms with Gasteiger partial charge in [0.15, 0.2) is 11.7 Å². The lowest BCUT2D eigenvalue weighted by Crippen LogP contribution is -2.25. The summed E-state index contributed by atoms with van der Waals surface area (Å²) in [5.74, 6) is 0.573.